The van der Waals surface area contributed by atoms with E-state index in [1.807, 2.05) is 0 Å². The molecule has 1 atom stereocenters. The van der Waals surface area contributed by atoms with Gasteiger partial charge in [-0.05, 0) is 6.92 Å². The zero-order chi connectivity index (χ0) is 11.7. The summed E-state index contributed by atoms with van der Waals surface area (Å²) >= 11 is 0. The van der Waals surface area contributed by atoms with Crippen LogP contribution in [0.1, 0.15) is 13.3 Å². The van der Waals surface area contributed by atoms with E-state index in [0.29, 0.717) is 13.2 Å². The first-order chi connectivity index (χ1) is 7.07. The minimum Gasteiger partial charge on any atom is -0.481 e. The molecule has 6 nitrogen and oxygen atoms in total. The maximum Gasteiger partial charge on any atom is 0.305 e. The van der Waals surface area contributed by atoms with Crippen molar-refractivity contribution in [2.24, 2.45) is 0 Å². The second-order valence-electron chi connectivity index (χ2n) is 3.05. The minimum absolute atomic E-state index is 0.0503. The highest BCUT2D eigenvalue weighted by molar-refractivity contribution is 5.85. The van der Waals surface area contributed by atoms with Gasteiger partial charge in [0.05, 0.1) is 32.3 Å². The van der Waals surface area contributed by atoms with Gasteiger partial charge < -0.3 is 20.3 Å². The van der Waals surface area contributed by atoms with Gasteiger partial charge in [-0.25, -0.2) is 0 Å². The van der Waals surface area contributed by atoms with E-state index in [1.54, 1.807) is 0 Å². The van der Waals surface area contributed by atoms with Crippen molar-refractivity contribution in [1.82, 2.24) is 5.32 Å². The number of hydrogen-bond donors (Lipinski definition) is 3. The Hall–Kier alpha value is -0.980. The van der Waals surface area contributed by atoms with Gasteiger partial charge >= 0.3 is 5.97 Å². The Morgan fingerprint density at radius 3 is 2.53 bits per heavy atom. The molecule has 0 spiro atoms. The Morgan fingerprint density at radius 1 is 1.40 bits per heavy atom. The Kier molecular flexibility index (Phi) is 7.79. The number of Topliss-reactive ketones (excluding diaryl/α,β-unsaturated/α-hetero) is 1. The summed E-state index contributed by atoms with van der Waals surface area (Å²) in [6.45, 7) is 2.26. The normalized spacial score (nSPS) is 12.4. The molecule has 0 bridgehead atoms. The van der Waals surface area contributed by atoms with Gasteiger partial charge in [0.1, 0.15) is 5.78 Å². The summed E-state index contributed by atoms with van der Waals surface area (Å²) in [4.78, 5) is 21.4. The largest absolute Gasteiger partial charge is 0.481 e. The van der Waals surface area contributed by atoms with Gasteiger partial charge in [-0.3, -0.25) is 9.59 Å². The fourth-order valence-corrected chi connectivity index (χ4v) is 1.01. The molecular formula is C9H17NO5. The first-order valence-electron chi connectivity index (χ1n) is 4.72. The molecule has 0 radical (unpaired) electrons. The Bertz CT molecular complexity index is 207. The van der Waals surface area contributed by atoms with Crippen LogP contribution in [0.15, 0.2) is 0 Å². The van der Waals surface area contributed by atoms with Crippen LogP contribution in [0.4, 0.5) is 0 Å². The van der Waals surface area contributed by atoms with Crippen molar-refractivity contribution >= 4 is 11.8 Å². The molecule has 0 aromatic heterocycles. The van der Waals surface area contributed by atoms with Crippen LogP contribution in [0.2, 0.25) is 0 Å². The highest BCUT2D eigenvalue weighted by Gasteiger charge is 2.16. The molecule has 0 fully saturated rings. The molecule has 88 valence electrons. The van der Waals surface area contributed by atoms with Crippen molar-refractivity contribution < 1.29 is 24.5 Å². The number of aliphatic hydroxyl groups is 1. The number of ether oxygens (including phenoxy) is 1. The van der Waals surface area contributed by atoms with Crippen molar-refractivity contribution in [1.29, 1.82) is 0 Å². The van der Waals surface area contributed by atoms with Gasteiger partial charge in [0, 0.05) is 6.54 Å². The van der Waals surface area contributed by atoms with E-state index in [0.717, 1.165) is 0 Å². The predicted molar refractivity (Wildman–Crippen MR) is 52.6 cm³/mol. The quantitative estimate of drug-likeness (QED) is 0.431. The number of ketones is 1. The highest BCUT2D eigenvalue weighted by Crippen LogP contribution is 1.93. The van der Waals surface area contributed by atoms with E-state index in [9.17, 15) is 9.59 Å². The van der Waals surface area contributed by atoms with Crippen molar-refractivity contribution in [2.45, 2.75) is 19.4 Å². The molecule has 0 rings (SSSR count). The first kappa shape index (κ1) is 14.0. The smallest absolute Gasteiger partial charge is 0.305 e. The van der Waals surface area contributed by atoms with Crippen molar-refractivity contribution in [3.8, 4) is 0 Å². The number of carboxylic acids is 1. The van der Waals surface area contributed by atoms with Crippen LogP contribution in [0.5, 0.6) is 0 Å². The number of aliphatic carboxylic acids is 1. The zero-order valence-electron chi connectivity index (χ0n) is 8.73. The van der Waals surface area contributed by atoms with Gasteiger partial charge in [-0.15, -0.1) is 0 Å². The zero-order valence-corrected chi connectivity index (χ0v) is 8.73. The van der Waals surface area contributed by atoms with Gasteiger partial charge in [0.2, 0.25) is 0 Å². The van der Waals surface area contributed by atoms with E-state index < -0.39 is 12.0 Å². The topological polar surface area (TPSA) is 95.9 Å². The van der Waals surface area contributed by atoms with E-state index in [2.05, 4.69) is 5.32 Å². The average molecular weight is 219 g/mol. The lowest BCUT2D eigenvalue weighted by Gasteiger charge is -2.13. The third-order valence-electron chi connectivity index (χ3n) is 1.74. The molecule has 6 heteroatoms. The third kappa shape index (κ3) is 8.04. The molecule has 0 aliphatic carbocycles. The van der Waals surface area contributed by atoms with E-state index in [1.165, 1.54) is 6.92 Å². The lowest BCUT2D eigenvalue weighted by Crippen LogP contribution is -2.39. The molecule has 1 unspecified atom stereocenters. The molecule has 0 amide bonds. The third-order valence-corrected chi connectivity index (χ3v) is 1.74. The minimum atomic E-state index is -1.01. The van der Waals surface area contributed by atoms with Gasteiger partial charge in [-0.2, -0.15) is 0 Å². The maximum atomic E-state index is 11.0. The molecule has 0 aromatic rings. The van der Waals surface area contributed by atoms with Crippen LogP contribution < -0.4 is 5.32 Å². The monoisotopic (exact) mass is 219 g/mol. The van der Waals surface area contributed by atoms with Gasteiger partial charge in [0.25, 0.3) is 0 Å². The molecular weight excluding hydrogens is 202 g/mol. The molecule has 15 heavy (non-hydrogen) atoms. The Labute approximate surface area is 88.2 Å². The molecule has 0 aliphatic rings. The second kappa shape index (κ2) is 8.34. The van der Waals surface area contributed by atoms with Crippen molar-refractivity contribution in [3.63, 3.8) is 0 Å². The fourth-order valence-electron chi connectivity index (χ4n) is 1.01. The van der Waals surface area contributed by atoms with Crippen LogP contribution in [-0.4, -0.2) is 54.4 Å². The first-order valence-corrected chi connectivity index (χ1v) is 4.72. The lowest BCUT2D eigenvalue weighted by molar-refractivity contribution is -0.139. The Morgan fingerprint density at radius 2 is 2.07 bits per heavy atom. The Balaban J connectivity index is 3.67. The number of hydrogen-bond acceptors (Lipinski definition) is 5. The van der Waals surface area contributed by atoms with E-state index in [-0.39, 0.29) is 25.4 Å². The SMILES string of the molecule is CC(=O)C(CC(=O)O)NCCOCCO. The summed E-state index contributed by atoms with van der Waals surface area (Å²) in [7, 11) is 0. The number of carbonyl (C=O) groups is 2. The van der Waals surface area contributed by atoms with Crippen LogP contribution >= 0.6 is 0 Å². The maximum absolute atomic E-state index is 11.0. The summed E-state index contributed by atoms with van der Waals surface area (Å²) in [5.74, 6) is -1.22. The molecule has 0 saturated carbocycles. The molecule has 0 aliphatic heterocycles. The van der Waals surface area contributed by atoms with Crippen LogP contribution in [0.3, 0.4) is 0 Å². The number of aliphatic hydroxyl groups excluding tert-OH is 1. The van der Waals surface area contributed by atoms with Gasteiger partial charge in [-0.1, -0.05) is 0 Å². The number of nitrogens with one attached hydrogen (secondary N) is 1. The summed E-state index contributed by atoms with van der Waals surface area (Å²) in [6.07, 6.45) is -0.227. The van der Waals surface area contributed by atoms with Gasteiger partial charge in [0.15, 0.2) is 0 Å². The van der Waals surface area contributed by atoms with Crippen LogP contribution in [0.25, 0.3) is 0 Å². The van der Waals surface area contributed by atoms with Crippen molar-refractivity contribution in [3.05, 3.63) is 0 Å². The van der Waals surface area contributed by atoms with Crippen LogP contribution in [0, 0.1) is 0 Å². The summed E-state index contributed by atoms with van der Waals surface area (Å²) < 4.78 is 4.95. The van der Waals surface area contributed by atoms with E-state index in [4.69, 9.17) is 14.9 Å². The molecule has 0 aromatic carbocycles. The predicted octanol–water partition coefficient (Wildman–Crippen LogP) is -0.983. The van der Waals surface area contributed by atoms with E-state index >= 15 is 0 Å². The average Bonchev–Trinajstić information content (AvgIpc) is 2.15. The summed E-state index contributed by atoms with van der Waals surface area (Å²) in [6, 6.07) is -0.666. The lowest BCUT2D eigenvalue weighted by atomic mass is 10.1. The van der Waals surface area contributed by atoms with Crippen molar-refractivity contribution in [2.75, 3.05) is 26.4 Å². The fraction of sp³-hybridized carbons (Fsp3) is 0.778. The molecule has 0 saturated heterocycles. The number of carboxylic acid groups (broad SMARTS) is 1. The summed E-state index contributed by atoms with van der Waals surface area (Å²) in [5, 5.41) is 19.7. The molecule has 3 N–H and O–H groups in total. The number of carbonyl (C=O) groups excluding carboxylic acids is 1. The highest BCUT2D eigenvalue weighted by atomic mass is 16.5. The standard InChI is InChI=1S/C9H17NO5/c1-7(12)8(6-9(13)14)10-2-4-15-5-3-11/h8,10-11H,2-6H2,1H3,(H,13,14). The van der Waals surface area contributed by atoms with Crippen LogP contribution in [-0.2, 0) is 14.3 Å². The summed E-state index contributed by atoms with van der Waals surface area (Å²) in [5.41, 5.74) is 0. The second-order valence-corrected chi connectivity index (χ2v) is 3.05. The molecule has 0 heterocycles. The number of rotatable bonds is 9.